The van der Waals surface area contributed by atoms with Gasteiger partial charge in [0.1, 0.15) is 0 Å². The van der Waals surface area contributed by atoms with Crippen molar-refractivity contribution in [3.8, 4) is 0 Å². The Morgan fingerprint density at radius 3 is 2.79 bits per heavy atom. The third-order valence-electron chi connectivity index (χ3n) is 3.12. The number of rotatable bonds is 6. The first kappa shape index (κ1) is 15.6. The molecule has 1 aromatic carbocycles. The van der Waals surface area contributed by atoms with E-state index in [1.807, 2.05) is 19.2 Å². The van der Waals surface area contributed by atoms with Crippen molar-refractivity contribution in [2.75, 3.05) is 18.5 Å². The molecule has 1 rings (SSSR count). The van der Waals surface area contributed by atoms with Crippen molar-refractivity contribution < 1.29 is 9.90 Å². The highest BCUT2D eigenvalue weighted by molar-refractivity contribution is 6.32. The monoisotopic (exact) mass is 281 g/mol. The average molecular weight is 282 g/mol. The molecule has 1 N–H and O–H groups in total. The van der Waals surface area contributed by atoms with E-state index in [-0.39, 0.29) is 0 Å². The lowest BCUT2D eigenvalue weighted by Crippen LogP contribution is -2.24. The molecule has 0 bridgehead atoms. The quantitative estimate of drug-likeness (QED) is 0.804. The minimum atomic E-state index is -0.976. The Bertz CT molecular complexity index is 471. The van der Waals surface area contributed by atoms with E-state index >= 15 is 0 Å². The highest BCUT2D eigenvalue weighted by atomic mass is 35.5. The van der Waals surface area contributed by atoms with Crippen LogP contribution in [0.1, 0.15) is 25.8 Å². The Balaban J connectivity index is 3.06. The van der Waals surface area contributed by atoms with Crippen molar-refractivity contribution in [1.29, 1.82) is 0 Å². The van der Waals surface area contributed by atoms with Crippen LogP contribution in [0.15, 0.2) is 24.3 Å². The predicted octanol–water partition coefficient (Wildman–Crippen LogP) is 3.92. The number of carboxylic acids is 1. The molecule has 0 saturated heterocycles. The summed E-state index contributed by atoms with van der Waals surface area (Å²) in [5.74, 6) is -0.407. The van der Waals surface area contributed by atoms with E-state index in [9.17, 15) is 4.79 Å². The zero-order valence-corrected chi connectivity index (χ0v) is 12.3. The second-order valence-electron chi connectivity index (χ2n) is 4.74. The van der Waals surface area contributed by atoms with E-state index in [1.54, 1.807) is 12.1 Å². The average Bonchev–Trinajstić information content (AvgIpc) is 2.36. The first-order chi connectivity index (χ1) is 8.95. The van der Waals surface area contributed by atoms with Crippen molar-refractivity contribution in [3.05, 3.63) is 34.9 Å². The van der Waals surface area contributed by atoms with Crippen molar-refractivity contribution in [3.63, 3.8) is 0 Å². The molecule has 0 spiro atoms. The lowest BCUT2D eigenvalue weighted by molar-refractivity contribution is -0.131. The van der Waals surface area contributed by atoms with Gasteiger partial charge in [0.05, 0.1) is 0 Å². The summed E-state index contributed by atoms with van der Waals surface area (Å²) in [7, 11) is 2.00. The molecule has 104 valence electrons. The number of carbonyl (C=O) groups is 1. The van der Waals surface area contributed by atoms with Crippen LogP contribution in [-0.4, -0.2) is 24.7 Å². The van der Waals surface area contributed by atoms with Gasteiger partial charge < -0.3 is 10.0 Å². The van der Waals surface area contributed by atoms with Gasteiger partial charge in [-0.25, -0.2) is 4.79 Å². The van der Waals surface area contributed by atoms with Crippen molar-refractivity contribution in [2.45, 2.75) is 20.3 Å². The van der Waals surface area contributed by atoms with E-state index in [2.05, 4.69) is 18.7 Å². The molecule has 1 atom stereocenters. The van der Waals surface area contributed by atoms with Gasteiger partial charge in [0, 0.05) is 35.9 Å². The van der Waals surface area contributed by atoms with E-state index in [0.29, 0.717) is 10.9 Å². The third-order valence-corrected chi connectivity index (χ3v) is 3.45. The number of hydrogen-bond acceptors (Lipinski definition) is 2. The molecule has 0 aromatic heterocycles. The van der Waals surface area contributed by atoms with Crippen LogP contribution >= 0.6 is 11.6 Å². The highest BCUT2D eigenvalue weighted by Gasteiger charge is 2.11. The Morgan fingerprint density at radius 2 is 2.21 bits per heavy atom. The summed E-state index contributed by atoms with van der Waals surface area (Å²) in [6.45, 7) is 5.25. The molecular formula is C15H20ClNO2. The molecule has 0 aliphatic rings. The number of aliphatic carboxylic acids is 1. The number of nitrogens with zero attached hydrogens (tertiary/aromatic N) is 1. The molecule has 3 nitrogen and oxygen atoms in total. The first-order valence-electron chi connectivity index (χ1n) is 6.36. The number of benzene rings is 1. The molecule has 0 aliphatic carbocycles. The molecule has 0 saturated carbocycles. The molecular weight excluding hydrogens is 262 g/mol. The van der Waals surface area contributed by atoms with Crippen LogP contribution in [-0.2, 0) is 4.79 Å². The van der Waals surface area contributed by atoms with Gasteiger partial charge >= 0.3 is 5.97 Å². The SMILES string of the molecule is CCC(C)CN(C)c1cccc(Cl)c1/C=C/C(=O)O. The van der Waals surface area contributed by atoms with E-state index in [1.165, 1.54) is 0 Å². The summed E-state index contributed by atoms with van der Waals surface area (Å²) in [6, 6.07) is 5.60. The molecule has 0 amide bonds. The number of anilines is 1. The Labute approximate surface area is 119 Å². The summed E-state index contributed by atoms with van der Waals surface area (Å²) in [5, 5.41) is 9.30. The van der Waals surface area contributed by atoms with Crippen LogP contribution in [0.25, 0.3) is 6.08 Å². The van der Waals surface area contributed by atoms with E-state index in [4.69, 9.17) is 16.7 Å². The fraction of sp³-hybridized carbons (Fsp3) is 0.400. The first-order valence-corrected chi connectivity index (χ1v) is 6.74. The molecule has 0 heterocycles. The topological polar surface area (TPSA) is 40.5 Å². The van der Waals surface area contributed by atoms with Crippen LogP contribution < -0.4 is 4.90 Å². The van der Waals surface area contributed by atoms with Gasteiger partial charge in [-0.1, -0.05) is 37.9 Å². The van der Waals surface area contributed by atoms with Gasteiger partial charge in [-0.15, -0.1) is 0 Å². The summed E-state index contributed by atoms with van der Waals surface area (Å²) in [4.78, 5) is 12.8. The van der Waals surface area contributed by atoms with Crippen molar-refractivity contribution in [2.24, 2.45) is 5.92 Å². The minimum absolute atomic E-state index is 0.561. The van der Waals surface area contributed by atoms with E-state index in [0.717, 1.165) is 30.3 Å². The normalized spacial score (nSPS) is 12.6. The zero-order chi connectivity index (χ0) is 14.4. The second kappa shape index (κ2) is 7.19. The Morgan fingerprint density at radius 1 is 1.53 bits per heavy atom. The van der Waals surface area contributed by atoms with Crippen LogP contribution in [0.4, 0.5) is 5.69 Å². The molecule has 4 heteroatoms. The molecule has 1 unspecified atom stereocenters. The third kappa shape index (κ3) is 4.60. The van der Waals surface area contributed by atoms with Crippen LogP contribution in [0.2, 0.25) is 5.02 Å². The van der Waals surface area contributed by atoms with Gasteiger partial charge in [-0.2, -0.15) is 0 Å². The molecule has 1 aromatic rings. The molecule has 19 heavy (non-hydrogen) atoms. The summed E-state index contributed by atoms with van der Waals surface area (Å²) < 4.78 is 0. The van der Waals surface area contributed by atoms with Gasteiger partial charge in [-0.05, 0) is 24.1 Å². The molecule has 0 aliphatic heterocycles. The maximum atomic E-state index is 10.6. The second-order valence-corrected chi connectivity index (χ2v) is 5.15. The van der Waals surface area contributed by atoms with Crippen LogP contribution in [0.5, 0.6) is 0 Å². The van der Waals surface area contributed by atoms with Crippen LogP contribution in [0, 0.1) is 5.92 Å². The number of hydrogen-bond donors (Lipinski definition) is 1. The number of carboxylic acid groups (broad SMARTS) is 1. The number of halogens is 1. The lowest BCUT2D eigenvalue weighted by Gasteiger charge is -2.25. The summed E-state index contributed by atoms with van der Waals surface area (Å²) >= 11 is 6.16. The highest BCUT2D eigenvalue weighted by Crippen LogP contribution is 2.28. The van der Waals surface area contributed by atoms with Gasteiger partial charge in [-0.3, -0.25) is 0 Å². The smallest absolute Gasteiger partial charge is 0.328 e. The Hall–Kier alpha value is -1.48. The summed E-state index contributed by atoms with van der Waals surface area (Å²) in [6.07, 6.45) is 3.76. The van der Waals surface area contributed by atoms with E-state index < -0.39 is 5.97 Å². The van der Waals surface area contributed by atoms with Crippen molar-refractivity contribution in [1.82, 2.24) is 0 Å². The zero-order valence-electron chi connectivity index (χ0n) is 11.6. The Kier molecular flexibility index (Phi) is 5.90. The van der Waals surface area contributed by atoms with Crippen molar-refractivity contribution >= 4 is 29.3 Å². The maximum absolute atomic E-state index is 10.6. The fourth-order valence-electron chi connectivity index (χ4n) is 1.87. The summed E-state index contributed by atoms with van der Waals surface area (Å²) in [5.41, 5.74) is 1.70. The minimum Gasteiger partial charge on any atom is -0.478 e. The van der Waals surface area contributed by atoms with Gasteiger partial charge in [0.2, 0.25) is 0 Å². The maximum Gasteiger partial charge on any atom is 0.328 e. The van der Waals surface area contributed by atoms with Gasteiger partial charge in [0.15, 0.2) is 0 Å². The molecule has 0 fully saturated rings. The standard InChI is InChI=1S/C15H20ClNO2/c1-4-11(2)10-17(3)14-7-5-6-13(16)12(14)8-9-15(18)19/h5-9,11H,4,10H2,1-3H3,(H,18,19)/b9-8+. The van der Waals surface area contributed by atoms with Crippen LogP contribution in [0.3, 0.4) is 0 Å². The fourth-order valence-corrected chi connectivity index (χ4v) is 2.11. The van der Waals surface area contributed by atoms with Gasteiger partial charge in [0.25, 0.3) is 0 Å². The lowest BCUT2D eigenvalue weighted by atomic mass is 10.1. The largest absolute Gasteiger partial charge is 0.478 e. The predicted molar refractivity (Wildman–Crippen MR) is 80.8 cm³/mol. The molecule has 0 radical (unpaired) electrons.